The Balaban J connectivity index is 1.20. The van der Waals surface area contributed by atoms with Gasteiger partial charge in [0.15, 0.2) is 0 Å². The van der Waals surface area contributed by atoms with Gasteiger partial charge in [-0.25, -0.2) is 0 Å². The average molecular weight is 491 g/mol. The number of fused-ring (bicyclic) bond motifs is 1. The quantitative estimate of drug-likeness (QED) is 0.220. The van der Waals surface area contributed by atoms with Crippen LogP contribution in [0.15, 0.2) is 152 Å². The minimum Gasteiger partial charge on any atom is -0.370 e. The van der Waals surface area contributed by atoms with Crippen LogP contribution >= 0.6 is 0 Å². The normalized spacial score (nSPS) is 10.9. The van der Waals surface area contributed by atoms with Crippen molar-refractivity contribution in [3.63, 3.8) is 0 Å². The fourth-order valence-corrected chi connectivity index (χ4v) is 4.99. The molecule has 0 aliphatic heterocycles. The summed E-state index contributed by atoms with van der Waals surface area (Å²) in [5, 5.41) is 2.55. The molecule has 2 nitrogen and oxygen atoms in total. The third-order valence-corrected chi connectivity index (χ3v) is 7.04. The van der Waals surface area contributed by atoms with E-state index in [4.69, 9.17) is 0 Å². The summed E-state index contributed by atoms with van der Waals surface area (Å²) >= 11 is 0. The third kappa shape index (κ3) is 5.02. The number of para-hydroxylation sites is 2. The molecule has 0 fully saturated rings. The van der Waals surface area contributed by atoms with Crippen LogP contribution in [0.2, 0.25) is 0 Å². The van der Waals surface area contributed by atoms with Gasteiger partial charge in [0.2, 0.25) is 0 Å². The Morgan fingerprint density at radius 1 is 0.421 bits per heavy atom. The highest BCUT2D eigenvalue weighted by molar-refractivity contribution is 5.86. The van der Waals surface area contributed by atoms with Gasteiger partial charge in [-0.1, -0.05) is 103 Å². The maximum absolute atomic E-state index is 2.30. The van der Waals surface area contributed by atoms with Gasteiger partial charge in [0.05, 0.1) is 0 Å². The summed E-state index contributed by atoms with van der Waals surface area (Å²) < 4.78 is 0. The topological polar surface area (TPSA) is 6.48 Å². The highest BCUT2D eigenvalue weighted by Crippen LogP contribution is 2.35. The molecule has 0 radical (unpaired) electrons. The van der Waals surface area contributed by atoms with Crippen molar-refractivity contribution in [3.8, 4) is 11.1 Å². The Hall–Kier alpha value is -4.82. The molecule has 6 rings (SSSR count). The minimum atomic E-state index is 0.862. The zero-order valence-electron chi connectivity index (χ0n) is 21.5. The van der Waals surface area contributed by atoms with Crippen molar-refractivity contribution in [2.75, 3.05) is 16.8 Å². The van der Waals surface area contributed by atoms with Gasteiger partial charge < -0.3 is 9.80 Å². The number of rotatable bonds is 7. The molecule has 0 N–H and O–H groups in total. The zero-order chi connectivity index (χ0) is 25.7. The molecule has 0 saturated heterocycles. The Morgan fingerprint density at radius 3 is 1.50 bits per heavy atom. The summed E-state index contributed by atoms with van der Waals surface area (Å²) in [5.41, 5.74) is 8.38. The minimum absolute atomic E-state index is 0.862. The monoisotopic (exact) mass is 490 g/mol. The van der Waals surface area contributed by atoms with Gasteiger partial charge in [-0.05, 0) is 76.0 Å². The molecule has 0 heterocycles. The first-order chi connectivity index (χ1) is 18.7. The Morgan fingerprint density at radius 2 is 0.895 bits per heavy atom. The smallest absolute Gasteiger partial charge is 0.0462 e. The molecule has 0 saturated carbocycles. The Labute approximate surface area is 225 Å². The number of benzene rings is 6. The van der Waals surface area contributed by atoms with Crippen LogP contribution < -0.4 is 9.80 Å². The summed E-state index contributed by atoms with van der Waals surface area (Å²) in [6.45, 7) is 0.862. The number of anilines is 4. The van der Waals surface area contributed by atoms with Crippen LogP contribution in [0, 0.1) is 0 Å². The number of nitrogens with zero attached hydrogens (tertiary/aromatic N) is 2. The van der Waals surface area contributed by atoms with E-state index in [1.165, 1.54) is 33.2 Å². The van der Waals surface area contributed by atoms with Crippen LogP contribution in [0.4, 0.5) is 22.7 Å². The lowest BCUT2D eigenvalue weighted by molar-refractivity contribution is 0.924. The second-order valence-electron chi connectivity index (χ2n) is 9.64. The van der Waals surface area contributed by atoms with Gasteiger partial charge in [-0.3, -0.25) is 0 Å². The number of hydrogen-bond acceptors (Lipinski definition) is 2. The lowest BCUT2D eigenvalue weighted by Gasteiger charge is -2.25. The van der Waals surface area contributed by atoms with Crippen molar-refractivity contribution in [1.82, 2.24) is 0 Å². The molecule has 38 heavy (non-hydrogen) atoms. The largest absolute Gasteiger partial charge is 0.370 e. The maximum Gasteiger partial charge on any atom is 0.0462 e. The van der Waals surface area contributed by atoms with Crippen molar-refractivity contribution in [2.24, 2.45) is 0 Å². The standard InChI is InChI=1S/C36H30N2/c1-37(36-25-22-29-10-8-9-11-32(29)26-36)27-28-16-18-30(19-17-28)31-20-23-35(24-21-31)38(33-12-4-2-5-13-33)34-14-6-3-7-15-34/h2-26H,27H2,1H3. The molecule has 0 amide bonds. The van der Waals surface area contributed by atoms with Crippen LogP contribution in [0.1, 0.15) is 5.56 Å². The molecule has 2 heteroatoms. The molecule has 184 valence electrons. The van der Waals surface area contributed by atoms with E-state index in [-0.39, 0.29) is 0 Å². The Kier molecular flexibility index (Phi) is 6.61. The van der Waals surface area contributed by atoms with Crippen molar-refractivity contribution < 1.29 is 0 Å². The summed E-state index contributed by atoms with van der Waals surface area (Å²) in [6, 6.07) is 54.0. The van der Waals surface area contributed by atoms with E-state index in [0.717, 1.165) is 23.6 Å². The predicted octanol–water partition coefficient (Wildman–Crippen LogP) is 9.61. The second-order valence-corrected chi connectivity index (χ2v) is 9.64. The van der Waals surface area contributed by atoms with Crippen LogP contribution in [0.25, 0.3) is 21.9 Å². The fourth-order valence-electron chi connectivity index (χ4n) is 4.99. The molecule has 0 aromatic heterocycles. The fraction of sp³-hybridized carbons (Fsp3) is 0.0556. The highest BCUT2D eigenvalue weighted by Gasteiger charge is 2.12. The molecule has 0 atom stereocenters. The molecule has 0 unspecified atom stereocenters. The van der Waals surface area contributed by atoms with Gasteiger partial charge in [0.25, 0.3) is 0 Å². The maximum atomic E-state index is 2.30. The van der Waals surface area contributed by atoms with Crippen LogP contribution in [-0.2, 0) is 6.54 Å². The highest BCUT2D eigenvalue weighted by atomic mass is 15.1. The van der Waals surface area contributed by atoms with E-state index in [9.17, 15) is 0 Å². The molecular formula is C36H30N2. The molecule has 0 spiro atoms. The van der Waals surface area contributed by atoms with Crippen molar-refractivity contribution >= 4 is 33.5 Å². The summed E-state index contributed by atoms with van der Waals surface area (Å²) in [5.74, 6) is 0. The molecule has 6 aromatic rings. The third-order valence-electron chi connectivity index (χ3n) is 7.04. The van der Waals surface area contributed by atoms with E-state index in [1.54, 1.807) is 0 Å². The predicted molar refractivity (Wildman–Crippen MR) is 163 cm³/mol. The first kappa shape index (κ1) is 23.6. The molecule has 0 bridgehead atoms. The van der Waals surface area contributed by atoms with E-state index < -0.39 is 0 Å². The Bertz CT molecular complexity index is 1580. The van der Waals surface area contributed by atoms with Gasteiger partial charge >= 0.3 is 0 Å². The van der Waals surface area contributed by atoms with E-state index >= 15 is 0 Å². The van der Waals surface area contributed by atoms with Crippen LogP contribution in [-0.4, -0.2) is 7.05 Å². The number of hydrogen-bond donors (Lipinski definition) is 0. The average Bonchev–Trinajstić information content (AvgIpc) is 2.99. The molecule has 6 aromatic carbocycles. The second kappa shape index (κ2) is 10.7. The first-order valence-corrected chi connectivity index (χ1v) is 13.0. The van der Waals surface area contributed by atoms with Crippen LogP contribution in [0.3, 0.4) is 0 Å². The van der Waals surface area contributed by atoms with Crippen molar-refractivity contribution in [1.29, 1.82) is 0 Å². The van der Waals surface area contributed by atoms with Gasteiger partial charge in [0, 0.05) is 36.3 Å². The lowest BCUT2D eigenvalue weighted by Crippen LogP contribution is -2.16. The summed E-state index contributed by atoms with van der Waals surface area (Å²) in [4.78, 5) is 4.59. The summed E-state index contributed by atoms with van der Waals surface area (Å²) in [7, 11) is 2.15. The van der Waals surface area contributed by atoms with Gasteiger partial charge in [-0.15, -0.1) is 0 Å². The summed E-state index contributed by atoms with van der Waals surface area (Å²) in [6.07, 6.45) is 0. The van der Waals surface area contributed by atoms with Crippen molar-refractivity contribution in [3.05, 3.63) is 157 Å². The first-order valence-electron chi connectivity index (χ1n) is 13.0. The van der Waals surface area contributed by atoms with Gasteiger partial charge in [-0.2, -0.15) is 0 Å². The molecular weight excluding hydrogens is 460 g/mol. The van der Waals surface area contributed by atoms with E-state index in [1.807, 2.05) is 0 Å². The lowest BCUT2D eigenvalue weighted by atomic mass is 10.0. The SMILES string of the molecule is CN(Cc1ccc(-c2ccc(N(c3ccccc3)c3ccccc3)cc2)cc1)c1ccc2ccccc2c1. The van der Waals surface area contributed by atoms with Crippen LogP contribution in [0.5, 0.6) is 0 Å². The van der Waals surface area contributed by atoms with Gasteiger partial charge in [0.1, 0.15) is 0 Å². The van der Waals surface area contributed by atoms with Crippen molar-refractivity contribution in [2.45, 2.75) is 6.54 Å². The van der Waals surface area contributed by atoms with E-state index in [0.29, 0.717) is 0 Å². The zero-order valence-corrected chi connectivity index (χ0v) is 21.5. The molecule has 0 aliphatic carbocycles. The molecule has 0 aliphatic rings. The van der Waals surface area contributed by atoms with E-state index in [2.05, 4.69) is 169 Å².